The van der Waals surface area contributed by atoms with Gasteiger partial charge in [-0.25, -0.2) is 0 Å². The number of hydrogen-bond acceptors (Lipinski definition) is 3. The Bertz CT molecular complexity index is 523. The van der Waals surface area contributed by atoms with Crippen molar-refractivity contribution in [1.29, 1.82) is 0 Å². The van der Waals surface area contributed by atoms with Crippen molar-refractivity contribution < 1.29 is 0 Å². The molecule has 0 atom stereocenters. The number of aryl methyl sites for hydroxylation is 1. The summed E-state index contributed by atoms with van der Waals surface area (Å²) < 4.78 is 0. The van der Waals surface area contributed by atoms with E-state index in [1.807, 2.05) is 12.3 Å². The largest absolute Gasteiger partial charge is 0.340 e. The van der Waals surface area contributed by atoms with E-state index in [0.29, 0.717) is 6.54 Å². The maximum atomic E-state index is 5.80. The molecule has 0 radical (unpaired) electrons. The normalized spacial score (nSPS) is 10.4. The molecule has 0 spiro atoms. The number of nitrogens with zero attached hydrogens (tertiary/aromatic N) is 2. The van der Waals surface area contributed by atoms with Crippen molar-refractivity contribution in [1.82, 2.24) is 4.98 Å². The van der Waals surface area contributed by atoms with Crippen LogP contribution in [0.1, 0.15) is 18.1 Å². The Morgan fingerprint density at radius 1 is 1.17 bits per heavy atom. The van der Waals surface area contributed by atoms with E-state index in [9.17, 15) is 0 Å². The number of rotatable bonds is 4. The van der Waals surface area contributed by atoms with Gasteiger partial charge in [-0.15, -0.1) is 0 Å². The minimum absolute atomic E-state index is 0.528. The average Bonchev–Trinajstić information content (AvgIpc) is 2.42. The number of nitrogens with two attached hydrogens (primary N) is 1. The van der Waals surface area contributed by atoms with Gasteiger partial charge >= 0.3 is 0 Å². The molecule has 0 aliphatic heterocycles. The molecule has 1 heterocycles. The van der Waals surface area contributed by atoms with Gasteiger partial charge in [0.25, 0.3) is 0 Å². The highest BCUT2D eigenvalue weighted by Gasteiger charge is 2.12. The van der Waals surface area contributed by atoms with E-state index in [2.05, 4.69) is 48.0 Å². The second-order valence-corrected chi connectivity index (χ2v) is 4.24. The number of pyridine rings is 1. The molecule has 0 fully saturated rings. The quantitative estimate of drug-likeness (QED) is 0.894. The first-order chi connectivity index (χ1) is 8.77. The van der Waals surface area contributed by atoms with E-state index in [1.165, 1.54) is 11.3 Å². The number of anilines is 2. The maximum Gasteiger partial charge on any atom is 0.0642 e. The second kappa shape index (κ2) is 5.65. The van der Waals surface area contributed by atoms with Gasteiger partial charge in [-0.05, 0) is 37.1 Å². The zero-order valence-electron chi connectivity index (χ0n) is 10.9. The van der Waals surface area contributed by atoms with E-state index >= 15 is 0 Å². The van der Waals surface area contributed by atoms with E-state index in [0.717, 1.165) is 17.8 Å². The van der Waals surface area contributed by atoms with E-state index in [1.54, 1.807) is 6.20 Å². The Kier molecular flexibility index (Phi) is 3.95. The topological polar surface area (TPSA) is 42.2 Å². The molecule has 3 nitrogen and oxygen atoms in total. The molecule has 1 aromatic heterocycles. The van der Waals surface area contributed by atoms with Crippen LogP contribution < -0.4 is 10.6 Å². The highest BCUT2D eigenvalue weighted by Crippen LogP contribution is 2.29. The van der Waals surface area contributed by atoms with Crippen molar-refractivity contribution in [3.05, 3.63) is 53.9 Å². The Labute approximate surface area is 108 Å². The molecule has 2 aromatic rings. The Morgan fingerprint density at radius 2 is 1.94 bits per heavy atom. The number of para-hydroxylation sites is 1. The van der Waals surface area contributed by atoms with E-state index in [4.69, 9.17) is 5.73 Å². The van der Waals surface area contributed by atoms with Crippen molar-refractivity contribution in [3.63, 3.8) is 0 Å². The maximum absolute atomic E-state index is 5.80. The molecular formula is C15H19N3. The van der Waals surface area contributed by atoms with Gasteiger partial charge in [0, 0.05) is 25.0 Å². The third kappa shape index (κ3) is 2.36. The SMILES string of the molecule is CCN(c1ccccc1C)c1cnccc1CN. The summed E-state index contributed by atoms with van der Waals surface area (Å²) >= 11 is 0. The number of aromatic nitrogens is 1. The van der Waals surface area contributed by atoms with Gasteiger partial charge in [0.2, 0.25) is 0 Å². The van der Waals surface area contributed by atoms with E-state index < -0.39 is 0 Å². The lowest BCUT2D eigenvalue weighted by molar-refractivity contribution is 0.968. The van der Waals surface area contributed by atoms with Gasteiger partial charge in [-0.2, -0.15) is 0 Å². The summed E-state index contributed by atoms with van der Waals surface area (Å²) in [7, 11) is 0. The van der Waals surface area contributed by atoms with Gasteiger partial charge < -0.3 is 10.6 Å². The predicted octanol–water partition coefficient (Wildman–Crippen LogP) is 3.01. The van der Waals surface area contributed by atoms with Crippen molar-refractivity contribution in [3.8, 4) is 0 Å². The summed E-state index contributed by atoms with van der Waals surface area (Å²) in [5, 5.41) is 0. The van der Waals surface area contributed by atoms with Crippen molar-refractivity contribution >= 4 is 11.4 Å². The van der Waals surface area contributed by atoms with Gasteiger partial charge in [0.15, 0.2) is 0 Å². The summed E-state index contributed by atoms with van der Waals surface area (Å²) in [4.78, 5) is 6.47. The Hall–Kier alpha value is -1.87. The molecule has 2 N–H and O–H groups in total. The van der Waals surface area contributed by atoms with Crippen LogP contribution in [0.5, 0.6) is 0 Å². The van der Waals surface area contributed by atoms with Crippen LogP contribution in [-0.4, -0.2) is 11.5 Å². The number of benzene rings is 1. The van der Waals surface area contributed by atoms with Crippen LogP contribution in [0, 0.1) is 6.92 Å². The smallest absolute Gasteiger partial charge is 0.0642 e. The zero-order valence-corrected chi connectivity index (χ0v) is 10.9. The molecule has 1 aromatic carbocycles. The molecule has 0 saturated heterocycles. The van der Waals surface area contributed by atoms with Crippen LogP contribution in [0.3, 0.4) is 0 Å². The second-order valence-electron chi connectivity index (χ2n) is 4.24. The minimum atomic E-state index is 0.528. The molecule has 0 saturated carbocycles. The molecule has 3 heteroatoms. The third-order valence-corrected chi connectivity index (χ3v) is 3.12. The van der Waals surface area contributed by atoms with Crippen LogP contribution in [-0.2, 0) is 6.54 Å². The standard InChI is InChI=1S/C15H19N3/c1-3-18(14-7-5-4-6-12(14)2)15-11-17-9-8-13(15)10-16/h4-9,11H,3,10,16H2,1-2H3. The van der Waals surface area contributed by atoms with Gasteiger partial charge in [-0.3, -0.25) is 4.98 Å². The minimum Gasteiger partial charge on any atom is -0.340 e. The summed E-state index contributed by atoms with van der Waals surface area (Å²) in [6.07, 6.45) is 3.68. The molecular weight excluding hydrogens is 222 g/mol. The Balaban J connectivity index is 2.49. The van der Waals surface area contributed by atoms with Crippen molar-refractivity contribution in [2.45, 2.75) is 20.4 Å². The molecule has 18 heavy (non-hydrogen) atoms. The predicted molar refractivity (Wildman–Crippen MR) is 76.0 cm³/mol. The molecule has 0 aliphatic rings. The van der Waals surface area contributed by atoms with Gasteiger partial charge in [-0.1, -0.05) is 18.2 Å². The molecule has 0 bridgehead atoms. The molecule has 0 aliphatic carbocycles. The van der Waals surface area contributed by atoms with Gasteiger partial charge in [0.1, 0.15) is 0 Å². The summed E-state index contributed by atoms with van der Waals surface area (Å²) in [5.41, 5.74) is 10.5. The van der Waals surface area contributed by atoms with Crippen LogP contribution in [0.15, 0.2) is 42.7 Å². The lowest BCUT2D eigenvalue weighted by atomic mass is 10.1. The fourth-order valence-electron chi connectivity index (χ4n) is 2.17. The van der Waals surface area contributed by atoms with Crippen LogP contribution in [0.25, 0.3) is 0 Å². The van der Waals surface area contributed by atoms with Crippen LogP contribution in [0.4, 0.5) is 11.4 Å². The average molecular weight is 241 g/mol. The molecule has 2 rings (SSSR count). The first kappa shape index (κ1) is 12.6. The molecule has 0 unspecified atom stereocenters. The lowest BCUT2D eigenvalue weighted by Crippen LogP contribution is -2.19. The lowest BCUT2D eigenvalue weighted by Gasteiger charge is -2.26. The first-order valence-electron chi connectivity index (χ1n) is 6.24. The molecule has 94 valence electrons. The summed E-state index contributed by atoms with van der Waals surface area (Å²) in [5.74, 6) is 0. The molecule has 0 amide bonds. The zero-order chi connectivity index (χ0) is 13.0. The monoisotopic (exact) mass is 241 g/mol. The highest BCUT2D eigenvalue weighted by molar-refractivity contribution is 5.68. The van der Waals surface area contributed by atoms with Crippen molar-refractivity contribution in [2.75, 3.05) is 11.4 Å². The van der Waals surface area contributed by atoms with Crippen molar-refractivity contribution in [2.24, 2.45) is 5.73 Å². The van der Waals surface area contributed by atoms with Gasteiger partial charge in [0.05, 0.1) is 11.9 Å². The first-order valence-corrected chi connectivity index (χ1v) is 6.24. The fourth-order valence-corrected chi connectivity index (χ4v) is 2.17. The highest BCUT2D eigenvalue weighted by atomic mass is 15.1. The third-order valence-electron chi connectivity index (χ3n) is 3.12. The number of hydrogen-bond donors (Lipinski definition) is 1. The van der Waals surface area contributed by atoms with Crippen LogP contribution in [0.2, 0.25) is 0 Å². The summed E-state index contributed by atoms with van der Waals surface area (Å²) in [6.45, 7) is 5.68. The summed E-state index contributed by atoms with van der Waals surface area (Å²) in [6, 6.07) is 10.3. The van der Waals surface area contributed by atoms with Crippen LogP contribution >= 0.6 is 0 Å². The Morgan fingerprint density at radius 3 is 2.61 bits per heavy atom. The van der Waals surface area contributed by atoms with E-state index in [-0.39, 0.29) is 0 Å². The fraction of sp³-hybridized carbons (Fsp3) is 0.267.